The number of aromatic nitrogens is 1. The van der Waals surface area contributed by atoms with Gasteiger partial charge < -0.3 is 14.6 Å². The average molecular weight is 402 g/mol. The van der Waals surface area contributed by atoms with Gasteiger partial charge in [-0.1, -0.05) is 6.07 Å². The van der Waals surface area contributed by atoms with Crippen LogP contribution < -0.4 is 15.6 Å². The van der Waals surface area contributed by atoms with E-state index in [-0.39, 0.29) is 23.0 Å². The summed E-state index contributed by atoms with van der Waals surface area (Å²) in [5, 5.41) is 3.46. The number of rotatable bonds is 4. The monoisotopic (exact) mass is 402 g/mol. The number of amides is 1. The summed E-state index contributed by atoms with van der Waals surface area (Å²) in [6.07, 6.45) is -2.98. The number of hydrogen-bond acceptors (Lipinski definition) is 3. The second-order valence-corrected chi connectivity index (χ2v) is 6.92. The molecule has 2 aromatic carbocycles. The summed E-state index contributed by atoms with van der Waals surface area (Å²) in [6, 6.07) is 10.8. The number of ether oxygens (including phenoxy) is 1. The summed E-state index contributed by atoms with van der Waals surface area (Å²) in [4.78, 5) is 25.9. The van der Waals surface area contributed by atoms with Crippen LogP contribution in [0.4, 0.5) is 18.9 Å². The highest BCUT2D eigenvalue weighted by atomic mass is 19.4. The topological polar surface area (TPSA) is 60.3 Å². The molecule has 0 aliphatic heterocycles. The number of carbonyl (C=O) groups is 1. The fourth-order valence-electron chi connectivity index (χ4n) is 3.28. The summed E-state index contributed by atoms with van der Waals surface area (Å²) >= 11 is 0. The molecule has 4 rings (SSSR count). The Morgan fingerprint density at radius 1 is 1.14 bits per heavy atom. The van der Waals surface area contributed by atoms with Gasteiger partial charge in [0.25, 0.3) is 11.5 Å². The number of pyridine rings is 1. The average Bonchev–Trinajstić information content (AvgIpc) is 3.52. The number of methoxy groups -OCH3 is 1. The zero-order chi connectivity index (χ0) is 20.8. The standard InChI is InChI=1S/C21H17F3N2O3/c1-29-16-7-8-17-12(9-16)10-18(26(20(17)28)15-5-6-15)19(27)25-14-4-2-3-13(11-14)21(22,23)24/h2-4,7-11,15H,5-6H2,1H3,(H,25,27). The molecule has 5 nitrogen and oxygen atoms in total. The number of carbonyl (C=O) groups excluding carboxylic acids is 1. The van der Waals surface area contributed by atoms with Gasteiger partial charge >= 0.3 is 6.18 Å². The summed E-state index contributed by atoms with van der Waals surface area (Å²) in [5.41, 5.74) is -1.05. The normalized spacial score (nSPS) is 14.1. The number of anilines is 1. The minimum Gasteiger partial charge on any atom is -0.497 e. The van der Waals surface area contributed by atoms with Gasteiger partial charge in [-0.2, -0.15) is 13.2 Å². The molecule has 1 aromatic heterocycles. The Balaban J connectivity index is 1.77. The molecule has 8 heteroatoms. The molecule has 1 aliphatic carbocycles. The molecule has 1 fully saturated rings. The molecule has 0 radical (unpaired) electrons. The van der Waals surface area contributed by atoms with Crippen molar-refractivity contribution in [1.29, 1.82) is 0 Å². The van der Waals surface area contributed by atoms with E-state index in [0.717, 1.165) is 25.0 Å². The van der Waals surface area contributed by atoms with Gasteiger partial charge in [-0.05, 0) is 60.7 Å². The molecule has 1 amide bonds. The van der Waals surface area contributed by atoms with Crippen molar-refractivity contribution in [2.24, 2.45) is 0 Å². The number of nitrogens with one attached hydrogen (secondary N) is 1. The number of benzene rings is 2. The first-order chi connectivity index (χ1) is 13.8. The number of alkyl halides is 3. The second kappa shape index (κ2) is 6.95. The van der Waals surface area contributed by atoms with Crippen molar-refractivity contribution in [2.75, 3.05) is 12.4 Å². The summed E-state index contributed by atoms with van der Waals surface area (Å²) in [6.45, 7) is 0. The molecule has 0 saturated heterocycles. The van der Waals surface area contributed by atoms with Crippen LogP contribution in [0, 0.1) is 0 Å². The van der Waals surface area contributed by atoms with Crippen molar-refractivity contribution in [3.05, 3.63) is 70.1 Å². The van der Waals surface area contributed by atoms with E-state index in [1.54, 1.807) is 24.3 Å². The minimum atomic E-state index is -4.52. The van der Waals surface area contributed by atoms with E-state index in [1.165, 1.54) is 23.8 Å². The number of nitrogens with zero attached hydrogens (tertiary/aromatic N) is 1. The van der Waals surface area contributed by atoms with Crippen LogP contribution in [0.25, 0.3) is 10.8 Å². The highest BCUT2D eigenvalue weighted by Gasteiger charge is 2.32. The van der Waals surface area contributed by atoms with Crippen LogP contribution in [0.5, 0.6) is 5.75 Å². The van der Waals surface area contributed by atoms with E-state index < -0.39 is 17.6 Å². The first-order valence-electron chi connectivity index (χ1n) is 9.00. The molecule has 1 N–H and O–H groups in total. The molecule has 0 bridgehead atoms. The van der Waals surface area contributed by atoms with Crippen LogP contribution in [0.1, 0.15) is 34.9 Å². The van der Waals surface area contributed by atoms with Gasteiger partial charge in [-0.3, -0.25) is 9.59 Å². The largest absolute Gasteiger partial charge is 0.497 e. The summed E-state index contributed by atoms with van der Waals surface area (Å²) < 4.78 is 45.4. The first kappa shape index (κ1) is 19.0. The zero-order valence-electron chi connectivity index (χ0n) is 15.4. The molecule has 1 heterocycles. The van der Waals surface area contributed by atoms with Crippen molar-refractivity contribution in [3.8, 4) is 5.75 Å². The number of halogens is 3. The molecule has 0 atom stereocenters. The van der Waals surface area contributed by atoms with Crippen LogP contribution in [0.2, 0.25) is 0 Å². The molecule has 0 spiro atoms. The van der Waals surface area contributed by atoms with E-state index in [1.807, 2.05) is 0 Å². The van der Waals surface area contributed by atoms with Crippen LogP contribution in [-0.4, -0.2) is 17.6 Å². The maximum atomic E-state index is 13.0. The van der Waals surface area contributed by atoms with Crippen molar-refractivity contribution < 1.29 is 22.7 Å². The summed E-state index contributed by atoms with van der Waals surface area (Å²) in [7, 11) is 1.49. The van der Waals surface area contributed by atoms with Gasteiger partial charge in [-0.15, -0.1) is 0 Å². The van der Waals surface area contributed by atoms with E-state index in [4.69, 9.17) is 4.74 Å². The van der Waals surface area contributed by atoms with E-state index >= 15 is 0 Å². The molecular formula is C21H17F3N2O3. The van der Waals surface area contributed by atoms with Gasteiger partial charge in [0.2, 0.25) is 0 Å². The highest BCUT2D eigenvalue weighted by Crippen LogP contribution is 2.36. The highest BCUT2D eigenvalue weighted by molar-refractivity contribution is 6.05. The lowest BCUT2D eigenvalue weighted by atomic mass is 10.1. The van der Waals surface area contributed by atoms with Gasteiger partial charge in [0.15, 0.2) is 0 Å². The van der Waals surface area contributed by atoms with Crippen molar-refractivity contribution >= 4 is 22.4 Å². The van der Waals surface area contributed by atoms with Gasteiger partial charge in [-0.25, -0.2) is 0 Å². The smallest absolute Gasteiger partial charge is 0.416 e. The second-order valence-electron chi connectivity index (χ2n) is 6.92. The van der Waals surface area contributed by atoms with Crippen molar-refractivity contribution in [1.82, 2.24) is 4.57 Å². The number of fused-ring (bicyclic) bond motifs is 1. The Labute approximate surface area is 163 Å². The van der Waals surface area contributed by atoms with Crippen LogP contribution >= 0.6 is 0 Å². The van der Waals surface area contributed by atoms with E-state index in [2.05, 4.69) is 5.32 Å². The van der Waals surface area contributed by atoms with Gasteiger partial charge in [0.1, 0.15) is 11.4 Å². The molecule has 1 aliphatic rings. The molecular weight excluding hydrogens is 385 g/mol. The first-order valence-corrected chi connectivity index (χ1v) is 9.00. The Morgan fingerprint density at radius 2 is 1.90 bits per heavy atom. The molecule has 1 saturated carbocycles. The predicted molar refractivity (Wildman–Crippen MR) is 102 cm³/mol. The molecule has 150 valence electrons. The minimum absolute atomic E-state index is 0.00496. The SMILES string of the molecule is COc1ccc2c(=O)n(C3CC3)c(C(=O)Nc3cccc(C(F)(F)F)c3)cc2c1. The Bertz CT molecular complexity index is 1160. The maximum Gasteiger partial charge on any atom is 0.416 e. The number of hydrogen-bond donors (Lipinski definition) is 1. The van der Waals surface area contributed by atoms with E-state index in [0.29, 0.717) is 16.5 Å². The third-order valence-corrected chi connectivity index (χ3v) is 4.85. The van der Waals surface area contributed by atoms with Crippen LogP contribution in [0.15, 0.2) is 53.3 Å². The van der Waals surface area contributed by atoms with Crippen molar-refractivity contribution in [3.63, 3.8) is 0 Å². The molecule has 0 unspecified atom stereocenters. The van der Waals surface area contributed by atoms with Gasteiger partial charge in [0.05, 0.1) is 12.7 Å². The van der Waals surface area contributed by atoms with Crippen LogP contribution in [-0.2, 0) is 6.18 Å². The Hall–Kier alpha value is -3.29. The zero-order valence-corrected chi connectivity index (χ0v) is 15.4. The Kier molecular flexibility index (Phi) is 4.56. The fourth-order valence-corrected chi connectivity index (χ4v) is 3.28. The quantitative estimate of drug-likeness (QED) is 0.693. The maximum absolute atomic E-state index is 13.0. The fraction of sp³-hybridized carbons (Fsp3) is 0.238. The molecule has 3 aromatic rings. The predicted octanol–water partition coefficient (Wildman–Crippen LogP) is 4.62. The van der Waals surface area contributed by atoms with Crippen LogP contribution in [0.3, 0.4) is 0 Å². The molecule has 29 heavy (non-hydrogen) atoms. The summed E-state index contributed by atoms with van der Waals surface area (Å²) in [5.74, 6) is -0.108. The lowest BCUT2D eigenvalue weighted by molar-refractivity contribution is -0.137. The Morgan fingerprint density at radius 3 is 2.55 bits per heavy atom. The lowest BCUT2D eigenvalue weighted by Gasteiger charge is -2.15. The van der Waals surface area contributed by atoms with Gasteiger partial charge in [0, 0.05) is 17.1 Å². The third kappa shape index (κ3) is 3.70. The van der Waals surface area contributed by atoms with E-state index in [9.17, 15) is 22.8 Å². The lowest BCUT2D eigenvalue weighted by Crippen LogP contribution is -2.28. The third-order valence-electron chi connectivity index (χ3n) is 4.85. The van der Waals surface area contributed by atoms with Crippen molar-refractivity contribution in [2.45, 2.75) is 25.1 Å².